The van der Waals surface area contributed by atoms with Crippen LogP contribution in [0.15, 0.2) is 24.3 Å². The fourth-order valence-electron chi connectivity index (χ4n) is 1.85. The molecule has 0 aliphatic rings. The van der Waals surface area contributed by atoms with E-state index in [-0.39, 0.29) is 16.8 Å². The monoisotopic (exact) mass is 278 g/mol. The van der Waals surface area contributed by atoms with Crippen molar-refractivity contribution in [2.75, 3.05) is 0 Å². The molecule has 0 spiro atoms. The van der Waals surface area contributed by atoms with Crippen LogP contribution in [0.3, 0.4) is 0 Å². The lowest BCUT2D eigenvalue weighted by Gasteiger charge is -2.13. The summed E-state index contributed by atoms with van der Waals surface area (Å²) >= 11 is 4.89. The first-order valence-electron chi connectivity index (χ1n) is 6.61. The van der Waals surface area contributed by atoms with Gasteiger partial charge in [0.15, 0.2) is 0 Å². The van der Waals surface area contributed by atoms with Crippen LogP contribution in [0.4, 0.5) is 0 Å². The van der Waals surface area contributed by atoms with Gasteiger partial charge in [0.2, 0.25) is 5.91 Å². The second kappa shape index (κ2) is 7.24. The molecule has 3 nitrogen and oxygen atoms in total. The molecule has 1 amide bonds. The fraction of sp³-hybridized carbons (Fsp3) is 0.467. The van der Waals surface area contributed by atoms with Gasteiger partial charge in [-0.1, -0.05) is 57.3 Å². The Morgan fingerprint density at radius 3 is 2.32 bits per heavy atom. The van der Waals surface area contributed by atoms with Gasteiger partial charge in [-0.15, -0.1) is 0 Å². The molecule has 104 valence electrons. The van der Waals surface area contributed by atoms with Crippen molar-refractivity contribution < 1.29 is 4.79 Å². The van der Waals surface area contributed by atoms with Crippen molar-refractivity contribution in [3.05, 3.63) is 35.4 Å². The van der Waals surface area contributed by atoms with E-state index in [1.165, 1.54) is 5.56 Å². The molecule has 1 aromatic carbocycles. The zero-order valence-electron chi connectivity index (χ0n) is 11.8. The third kappa shape index (κ3) is 4.63. The zero-order valence-corrected chi connectivity index (χ0v) is 12.6. The van der Waals surface area contributed by atoms with Gasteiger partial charge in [-0.25, -0.2) is 0 Å². The first-order chi connectivity index (χ1) is 8.95. The highest BCUT2D eigenvalue weighted by molar-refractivity contribution is 7.80. The van der Waals surface area contributed by atoms with Crippen LogP contribution in [0.25, 0.3) is 0 Å². The van der Waals surface area contributed by atoms with Crippen LogP contribution >= 0.6 is 12.2 Å². The molecule has 0 aliphatic carbocycles. The Hall–Kier alpha value is -1.42. The Labute approximate surface area is 120 Å². The molecule has 0 bridgehead atoms. The van der Waals surface area contributed by atoms with Gasteiger partial charge in [0.25, 0.3) is 0 Å². The van der Waals surface area contributed by atoms with Gasteiger partial charge < -0.3 is 11.1 Å². The molecule has 0 aliphatic heterocycles. The summed E-state index contributed by atoms with van der Waals surface area (Å²) in [5, 5.41) is 2.87. The third-order valence-electron chi connectivity index (χ3n) is 3.18. The van der Waals surface area contributed by atoms with Crippen LogP contribution in [-0.2, 0) is 11.3 Å². The van der Waals surface area contributed by atoms with E-state index in [0.29, 0.717) is 18.9 Å². The average Bonchev–Trinajstić information content (AvgIpc) is 2.37. The maximum atomic E-state index is 11.9. The van der Waals surface area contributed by atoms with Gasteiger partial charge in [-0.05, 0) is 23.5 Å². The molecule has 4 heteroatoms. The number of carbonyl (C=O) groups is 1. The van der Waals surface area contributed by atoms with Crippen molar-refractivity contribution in [2.24, 2.45) is 11.7 Å². The Kier molecular flexibility index (Phi) is 5.96. The summed E-state index contributed by atoms with van der Waals surface area (Å²) in [6.07, 6.45) is 0.632. The highest BCUT2D eigenvalue weighted by Gasteiger charge is 2.18. The fourth-order valence-corrected chi connectivity index (χ4v) is 2.12. The molecule has 19 heavy (non-hydrogen) atoms. The van der Waals surface area contributed by atoms with Crippen molar-refractivity contribution in [1.29, 1.82) is 0 Å². The predicted octanol–water partition coefficient (Wildman–Crippen LogP) is 2.74. The zero-order chi connectivity index (χ0) is 14.4. The SMILES string of the molecule is CCC(C(=O)NCc1ccc(C(C)C)cc1)C(N)=S. The van der Waals surface area contributed by atoms with Gasteiger partial charge >= 0.3 is 0 Å². The van der Waals surface area contributed by atoms with Crippen LogP contribution in [-0.4, -0.2) is 10.9 Å². The van der Waals surface area contributed by atoms with E-state index < -0.39 is 0 Å². The van der Waals surface area contributed by atoms with Gasteiger partial charge in [0.05, 0.1) is 10.9 Å². The molecule has 0 fully saturated rings. The smallest absolute Gasteiger partial charge is 0.230 e. The summed E-state index contributed by atoms with van der Waals surface area (Å²) in [4.78, 5) is 12.1. The highest BCUT2D eigenvalue weighted by atomic mass is 32.1. The molecule has 0 aromatic heterocycles. The van der Waals surface area contributed by atoms with E-state index in [1.54, 1.807) is 0 Å². The first kappa shape index (κ1) is 15.6. The van der Waals surface area contributed by atoms with E-state index in [4.69, 9.17) is 18.0 Å². The summed E-state index contributed by atoms with van der Waals surface area (Å²) in [7, 11) is 0. The van der Waals surface area contributed by atoms with Gasteiger partial charge in [0, 0.05) is 6.54 Å². The second-order valence-electron chi connectivity index (χ2n) is 4.98. The number of amides is 1. The molecule has 0 saturated heterocycles. The normalized spacial score (nSPS) is 12.2. The minimum atomic E-state index is -0.370. The number of nitrogens with two attached hydrogens (primary N) is 1. The van der Waals surface area contributed by atoms with E-state index in [9.17, 15) is 4.79 Å². The molecule has 1 aromatic rings. The van der Waals surface area contributed by atoms with Crippen molar-refractivity contribution in [1.82, 2.24) is 5.32 Å². The van der Waals surface area contributed by atoms with Crippen LogP contribution in [0.1, 0.15) is 44.2 Å². The minimum Gasteiger partial charge on any atom is -0.393 e. The second-order valence-corrected chi connectivity index (χ2v) is 5.45. The molecular formula is C15H22N2OS. The number of thiocarbonyl (C=S) groups is 1. The topological polar surface area (TPSA) is 55.1 Å². The van der Waals surface area contributed by atoms with E-state index >= 15 is 0 Å². The molecule has 0 radical (unpaired) electrons. The Bertz CT molecular complexity index is 440. The molecule has 0 saturated carbocycles. The van der Waals surface area contributed by atoms with E-state index in [0.717, 1.165) is 5.56 Å². The predicted molar refractivity (Wildman–Crippen MR) is 82.9 cm³/mol. The maximum absolute atomic E-state index is 11.9. The van der Waals surface area contributed by atoms with Crippen molar-refractivity contribution >= 4 is 23.1 Å². The van der Waals surface area contributed by atoms with E-state index in [2.05, 4.69) is 31.3 Å². The number of rotatable bonds is 6. The average molecular weight is 278 g/mol. The van der Waals surface area contributed by atoms with E-state index in [1.807, 2.05) is 19.1 Å². The van der Waals surface area contributed by atoms with Crippen molar-refractivity contribution in [3.8, 4) is 0 Å². The van der Waals surface area contributed by atoms with Crippen LogP contribution < -0.4 is 11.1 Å². The summed E-state index contributed by atoms with van der Waals surface area (Å²) in [5.41, 5.74) is 7.92. The lowest BCUT2D eigenvalue weighted by Crippen LogP contribution is -2.37. The summed E-state index contributed by atoms with van der Waals surface area (Å²) in [6.45, 7) is 6.73. The Balaban J connectivity index is 2.57. The highest BCUT2D eigenvalue weighted by Crippen LogP contribution is 2.14. The first-order valence-corrected chi connectivity index (χ1v) is 7.02. The molecular weight excluding hydrogens is 256 g/mol. The van der Waals surface area contributed by atoms with Crippen LogP contribution in [0.2, 0.25) is 0 Å². The maximum Gasteiger partial charge on any atom is 0.230 e. The summed E-state index contributed by atoms with van der Waals surface area (Å²) in [5.74, 6) is 0.0515. The van der Waals surface area contributed by atoms with Crippen LogP contribution in [0.5, 0.6) is 0 Å². The number of hydrogen-bond donors (Lipinski definition) is 2. The molecule has 3 N–H and O–H groups in total. The lowest BCUT2D eigenvalue weighted by atomic mass is 10.0. The molecule has 1 rings (SSSR count). The summed E-state index contributed by atoms with van der Waals surface area (Å²) < 4.78 is 0. The molecule has 0 heterocycles. The Morgan fingerprint density at radius 2 is 1.89 bits per heavy atom. The van der Waals surface area contributed by atoms with Crippen LogP contribution in [0, 0.1) is 5.92 Å². The minimum absolute atomic E-state index is 0.0945. The van der Waals surface area contributed by atoms with Crippen molar-refractivity contribution in [3.63, 3.8) is 0 Å². The van der Waals surface area contributed by atoms with Gasteiger partial charge in [-0.2, -0.15) is 0 Å². The standard InChI is InChI=1S/C15H22N2OS/c1-4-13(14(16)19)15(18)17-9-11-5-7-12(8-6-11)10(2)3/h5-8,10,13H,4,9H2,1-3H3,(H2,16,19)(H,17,18). The summed E-state index contributed by atoms with van der Waals surface area (Å²) in [6, 6.07) is 8.27. The Morgan fingerprint density at radius 1 is 1.32 bits per heavy atom. The number of benzene rings is 1. The molecule has 1 atom stereocenters. The molecule has 1 unspecified atom stereocenters. The number of nitrogens with one attached hydrogen (secondary N) is 1. The number of hydrogen-bond acceptors (Lipinski definition) is 2. The lowest BCUT2D eigenvalue weighted by molar-refractivity contribution is -0.123. The van der Waals surface area contributed by atoms with Gasteiger partial charge in [-0.3, -0.25) is 4.79 Å². The largest absolute Gasteiger partial charge is 0.393 e. The van der Waals surface area contributed by atoms with Crippen molar-refractivity contribution in [2.45, 2.75) is 39.7 Å². The number of carbonyl (C=O) groups excluding carboxylic acids is 1. The quantitative estimate of drug-likeness (QED) is 0.787. The third-order valence-corrected chi connectivity index (χ3v) is 3.47. The van der Waals surface area contributed by atoms with Gasteiger partial charge in [0.1, 0.15) is 0 Å².